The van der Waals surface area contributed by atoms with Crippen LogP contribution in [-0.2, 0) is 20.4 Å². The molecule has 0 saturated carbocycles. The molecule has 1 unspecified atom stereocenters. The van der Waals surface area contributed by atoms with Gasteiger partial charge in [-0.25, -0.2) is 14.6 Å². The van der Waals surface area contributed by atoms with Gasteiger partial charge in [-0.1, -0.05) is 18.2 Å². The fourth-order valence-corrected chi connectivity index (χ4v) is 4.01. The summed E-state index contributed by atoms with van der Waals surface area (Å²) in [5.74, 6) is -2.79. The van der Waals surface area contributed by atoms with Gasteiger partial charge in [0.15, 0.2) is 0 Å². The molecule has 1 N–H and O–H groups in total. The Morgan fingerprint density at radius 1 is 1.09 bits per heavy atom. The number of hydrogen-bond acceptors (Lipinski definition) is 7. The number of benzene rings is 1. The number of carbonyl (C=O) groups is 2. The zero-order valence-electron chi connectivity index (χ0n) is 20.1. The Balaban J connectivity index is 2.43. The maximum atomic E-state index is 14.1. The van der Waals surface area contributed by atoms with Crippen molar-refractivity contribution >= 4 is 17.6 Å². The van der Waals surface area contributed by atoms with Crippen molar-refractivity contribution in [1.29, 1.82) is 0 Å². The summed E-state index contributed by atoms with van der Waals surface area (Å²) in [5, 5.41) is 3.01. The van der Waals surface area contributed by atoms with E-state index in [1.165, 1.54) is 31.3 Å². The second-order valence-electron chi connectivity index (χ2n) is 8.05. The largest absolute Gasteiger partial charge is 0.475 e. The third-order valence-corrected chi connectivity index (χ3v) is 5.29. The molecule has 0 spiro atoms. The normalized spacial score (nSPS) is 15.4. The van der Waals surface area contributed by atoms with Crippen molar-refractivity contribution in [1.82, 2.24) is 4.98 Å². The maximum absolute atomic E-state index is 14.1. The summed E-state index contributed by atoms with van der Waals surface area (Å²) < 4.78 is 58.5. The summed E-state index contributed by atoms with van der Waals surface area (Å²) in [4.78, 5) is 30.0. The monoisotopic (exact) mass is 492 g/mol. The molecule has 3 rings (SSSR count). The van der Waals surface area contributed by atoms with Crippen molar-refractivity contribution in [3.63, 3.8) is 0 Å². The summed E-state index contributed by atoms with van der Waals surface area (Å²) in [6, 6.07) is 4.97. The number of halogens is 3. The van der Waals surface area contributed by atoms with E-state index in [2.05, 4.69) is 10.3 Å². The Morgan fingerprint density at radius 2 is 1.71 bits per heavy atom. The van der Waals surface area contributed by atoms with Crippen molar-refractivity contribution in [2.24, 2.45) is 0 Å². The molecule has 2 aromatic rings. The molecule has 0 bridgehead atoms. The molecule has 10 heteroatoms. The van der Waals surface area contributed by atoms with Crippen LogP contribution in [0.2, 0.25) is 0 Å². The zero-order valence-corrected chi connectivity index (χ0v) is 20.1. The van der Waals surface area contributed by atoms with Gasteiger partial charge in [-0.05, 0) is 46.2 Å². The van der Waals surface area contributed by atoms with Crippen LogP contribution in [0, 0.1) is 0 Å². The lowest BCUT2D eigenvalue weighted by atomic mass is 9.78. The van der Waals surface area contributed by atoms with Crippen LogP contribution >= 0.6 is 0 Å². The highest BCUT2D eigenvalue weighted by molar-refractivity contribution is 6.01. The minimum absolute atomic E-state index is 0.00757. The van der Waals surface area contributed by atoms with E-state index < -0.39 is 35.7 Å². The van der Waals surface area contributed by atoms with Gasteiger partial charge < -0.3 is 19.5 Å². The van der Waals surface area contributed by atoms with Gasteiger partial charge in [0.05, 0.1) is 47.6 Å². The van der Waals surface area contributed by atoms with Crippen molar-refractivity contribution in [3.8, 4) is 5.88 Å². The van der Waals surface area contributed by atoms with E-state index >= 15 is 0 Å². The van der Waals surface area contributed by atoms with E-state index in [-0.39, 0.29) is 52.7 Å². The highest BCUT2D eigenvalue weighted by Gasteiger charge is 2.43. The number of pyridine rings is 1. The molecule has 1 aliphatic rings. The molecule has 35 heavy (non-hydrogen) atoms. The zero-order chi connectivity index (χ0) is 25.9. The Labute approximate surface area is 201 Å². The van der Waals surface area contributed by atoms with Crippen molar-refractivity contribution in [3.05, 3.63) is 64.0 Å². The van der Waals surface area contributed by atoms with Crippen LogP contribution in [0.4, 0.5) is 18.9 Å². The topological polar surface area (TPSA) is 86.8 Å². The van der Waals surface area contributed by atoms with Gasteiger partial charge in [0.2, 0.25) is 5.88 Å². The first kappa shape index (κ1) is 26.1. The number of nitrogens with one attached hydrogen (secondary N) is 1. The summed E-state index contributed by atoms with van der Waals surface area (Å²) in [5.41, 5.74) is -0.616. The van der Waals surface area contributed by atoms with Crippen LogP contribution in [0.3, 0.4) is 0 Å². The number of fused-ring (bicyclic) bond motifs is 1. The van der Waals surface area contributed by atoms with E-state index in [0.29, 0.717) is 0 Å². The molecule has 188 valence electrons. The number of aromatic nitrogens is 1. The lowest BCUT2D eigenvalue weighted by molar-refractivity contribution is -0.140. The Bertz CT molecular complexity index is 1160. The average molecular weight is 492 g/mol. The SMILES string of the molecule is CCOC(=O)C1=C(C)Nc2c(C(=O)OCC)cnc(OC(C)C)c2C1c1ccccc1C(F)(F)F. The summed E-state index contributed by atoms with van der Waals surface area (Å²) in [6.07, 6.45) is -3.85. The highest BCUT2D eigenvalue weighted by Crippen LogP contribution is 2.50. The van der Waals surface area contributed by atoms with Gasteiger partial charge in [-0.2, -0.15) is 13.2 Å². The highest BCUT2D eigenvalue weighted by atomic mass is 19.4. The summed E-state index contributed by atoms with van der Waals surface area (Å²) in [6.45, 7) is 8.34. The standard InChI is InChI=1S/C25H27F3N2O5/c1-6-33-23(31)16-12-29-22(35-13(3)4)20-19(15-10-8-9-11-17(15)25(26,27)28)18(24(32)34-7-2)14(5)30-21(16)20/h8-13,19,30H,6-7H2,1-5H3. The number of carbonyl (C=O) groups excluding carboxylic acids is 2. The van der Waals surface area contributed by atoms with Crippen molar-refractivity contribution in [2.45, 2.75) is 52.8 Å². The van der Waals surface area contributed by atoms with Gasteiger partial charge in [0, 0.05) is 11.9 Å². The Hall–Kier alpha value is -3.56. The van der Waals surface area contributed by atoms with E-state index in [1.54, 1.807) is 27.7 Å². The molecule has 7 nitrogen and oxygen atoms in total. The summed E-state index contributed by atoms with van der Waals surface area (Å²) in [7, 11) is 0. The van der Waals surface area contributed by atoms with Crippen LogP contribution in [0.1, 0.15) is 67.6 Å². The average Bonchev–Trinajstić information content (AvgIpc) is 2.77. The second-order valence-corrected chi connectivity index (χ2v) is 8.05. The van der Waals surface area contributed by atoms with Gasteiger partial charge in [0.25, 0.3) is 0 Å². The quantitative estimate of drug-likeness (QED) is 0.514. The first-order valence-corrected chi connectivity index (χ1v) is 11.2. The van der Waals surface area contributed by atoms with E-state index in [9.17, 15) is 22.8 Å². The fraction of sp³-hybridized carbons (Fsp3) is 0.400. The molecule has 1 aromatic carbocycles. The van der Waals surface area contributed by atoms with E-state index in [0.717, 1.165) is 6.07 Å². The molecule has 1 aliphatic heterocycles. The number of alkyl halides is 3. The molecule has 0 saturated heterocycles. The number of hydrogen-bond donors (Lipinski definition) is 1. The van der Waals surface area contributed by atoms with Crippen LogP contribution < -0.4 is 10.1 Å². The lowest BCUT2D eigenvalue weighted by Gasteiger charge is -2.33. The first-order valence-electron chi connectivity index (χ1n) is 11.2. The molecule has 1 atom stereocenters. The molecule has 0 radical (unpaired) electrons. The molecule has 0 fully saturated rings. The van der Waals surface area contributed by atoms with Gasteiger partial charge >= 0.3 is 18.1 Å². The molecule has 0 amide bonds. The predicted octanol–water partition coefficient (Wildman–Crippen LogP) is 5.46. The van der Waals surface area contributed by atoms with Crippen molar-refractivity contribution < 1.29 is 37.0 Å². The molecular weight excluding hydrogens is 465 g/mol. The third kappa shape index (κ3) is 5.26. The third-order valence-electron chi connectivity index (χ3n) is 5.29. The molecular formula is C25H27F3N2O5. The first-order chi connectivity index (χ1) is 16.5. The van der Waals surface area contributed by atoms with E-state index in [1.807, 2.05) is 0 Å². The number of anilines is 1. The lowest BCUT2D eigenvalue weighted by Crippen LogP contribution is -2.29. The van der Waals surface area contributed by atoms with E-state index in [4.69, 9.17) is 14.2 Å². The van der Waals surface area contributed by atoms with Gasteiger partial charge in [-0.3, -0.25) is 0 Å². The molecule has 0 aliphatic carbocycles. The maximum Gasteiger partial charge on any atom is 0.416 e. The van der Waals surface area contributed by atoms with Crippen molar-refractivity contribution in [2.75, 3.05) is 18.5 Å². The minimum atomic E-state index is -4.71. The number of nitrogens with zero attached hydrogens (tertiary/aromatic N) is 1. The van der Waals surface area contributed by atoms with Gasteiger partial charge in [-0.15, -0.1) is 0 Å². The predicted molar refractivity (Wildman–Crippen MR) is 122 cm³/mol. The number of esters is 2. The van der Waals surface area contributed by atoms with Crippen LogP contribution in [-0.4, -0.2) is 36.2 Å². The van der Waals surface area contributed by atoms with Gasteiger partial charge in [0.1, 0.15) is 5.56 Å². The second kappa shape index (κ2) is 10.4. The smallest absolute Gasteiger partial charge is 0.416 e. The molecule has 1 aromatic heterocycles. The van der Waals surface area contributed by atoms with Crippen LogP contribution in [0.15, 0.2) is 41.7 Å². The number of rotatable bonds is 7. The number of ether oxygens (including phenoxy) is 3. The molecule has 2 heterocycles. The van der Waals surface area contributed by atoms with Crippen LogP contribution in [0.5, 0.6) is 5.88 Å². The minimum Gasteiger partial charge on any atom is -0.475 e. The number of allylic oxidation sites excluding steroid dienone is 1. The Kier molecular flexibility index (Phi) is 7.72. The van der Waals surface area contributed by atoms with Crippen LogP contribution in [0.25, 0.3) is 0 Å². The Morgan fingerprint density at radius 3 is 2.31 bits per heavy atom. The fourth-order valence-electron chi connectivity index (χ4n) is 4.01. The summed E-state index contributed by atoms with van der Waals surface area (Å²) >= 11 is 0.